The fourth-order valence-corrected chi connectivity index (χ4v) is 10.8. The molecule has 3 aliphatic heterocycles. The van der Waals surface area contributed by atoms with E-state index in [1.54, 1.807) is 29.7 Å². The first-order chi connectivity index (χ1) is 36.2. The van der Waals surface area contributed by atoms with Crippen LogP contribution >= 0.6 is 11.3 Å². The van der Waals surface area contributed by atoms with Crippen molar-refractivity contribution in [3.63, 3.8) is 0 Å². The zero-order valence-electron chi connectivity index (χ0n) is 43.1. The van der Waals surface area contributed by atoms with Gasteiger partial charge in [-0.25, -0.2) is 24.3 Å². The normalized spacial score (nSPS) is 18.0. The second kappa shape index (κ2) is 23.8. The number of likely N-dealkylation sites (tertiary alicyclic amines) is 1. The van der Waals surface area contributed by atoms with Gasteiger partial charge in [-0.1, -0.05) is 45.0 Å². The zero-order chi connectivity index (χ0) is 52.6. The molecule has 3 unspecified atom stereocenters. The Hall–Kier alpha value is -6.87. The molecular weight excluding hydrogens is 974 g/mol. The minimum atomic E-state index is -0.875. The molecule has 18 nitrogen and oxygen atoms in total. The third kappa shape index (κ3) is 13.3. The number of thiazole rings is 1. The van der Waals surface area contributed by atoms with Gasteiger partial charge in [0.25, 0.3) is 0 Å². The number of amides is 3. The first-order valence-electron chi connectivity index (χ1n) is 26.0. The molecule has 4 aromatic heterocycles. The summed E-state index contributed by atoms with van der Waals surface area (Å²) in [7, 11) is 0. The molecule has 3 aliphatic rings. The molecule has 396 valence electrons. The number of aliphatic hydroxyl groups excluding tert-OH is 2. The summed E-state index contributed by atoms with van der Waals surface area (Å²) in [5.41, 5.74) is 6.47. The number of aryl methyl sites for hydroxylation is 1. The number of halogens is 1. The number of nitrogens with zero attached hydrogens (tertiary/aromatic N) is 9. The number of aliphatic hydroxyl groups is 2. The van der Waals surface area contributed by atoms with Gasteiger partial charge in [-0.15, -0.1) is 11.3 Å². The van der Waals surface area contributed by atoms with Gasteiger partial charge in [-0.3, -0.25) is 19.3 Å². The van der Waals surface area contributed by atoms with Crippen LogP contribution in [0.4, 0.5) is 39.2 Å². The zero-order valence-corrected chi connectivity index (χ0v) is 44.0. The van der Waals surface area contributed by atoms with Crippen molar-refractivity contribution >= 4 is 74.7 Å². The number of pyridine rings is 2. The lowest BCUT2D eigenvalue weighted by Gasteiger charge is -2.36. The number of carbonyl (C=O) groups is 3. The summed E-state index contributed by atoms with van der Waals surface area (Å²) in [5, 5.41) is 33.8. The van der Waals surface area contributed by atoms with Crippen molar-refractivity contribution in [3.05, 3.63) is 102 Å². The first-order valence-corrected chi connectivity index (χ1v) is 26.9. The molecule has 75 heavy (non-hydrogen) atoms. The second-order valence-corrected chi connectivity index (χ2v) is 21.8. The molecule has 7 heterocycles. The van der Waals surface area contributed by atoms with Gasteiger partial charge in [0.15, 0.2) is 0 Å². The van der Waals surface area contributed by atoms with E-state index in [4.69, 9.17) is 15.0 Å². The van der Waals surface area contributed by atoms with E-state index in [0.717, 1.165) is 104 Å². The van der Waals surface area contributed by atoms with Crippen LogP contribution in [0, 0.1) is 24.1 Å². The number of piperazine rings is 1. The minimum absolute atomic E-state index is 0.0206. The Morgan fingerprint density at radius 1 is 0.853 bits per heavy atom. The fourth-order valence-electron chi connectivity index (χ4n) is 10.0. The van der Waals surface area contributed by atoms with Gasteiger partial charge in [-0.2, -0.15) is 4.98 Å². The molecule has 6 aromatic rings. The van der Waals surface area contributed by atoms with Crippen LogP contribution in [0.5, 0.6) is 0 Å². The van der Waals surface area contributed by atoms with Gasteiger partial charge in [0.1, 0.15) is 35.4 Å². The molecule has 0 spiro atoms. The van der Waals surface area contributed by atoms with Crippen LogP contribution in [0.3, 0.4) is 0 Å². The molecule has 0 aliphatic carbocycles. The number of anilines is 6. The molecule has 3 amide bonds. The van der Waals surface area contributed by atoms with Crippen molar-refractivity contribution in [1.29, 1.82) is 0 Å². The summed E-state index contributed by atoms with van der Waals surface area (Å²) >= 11 is 1.58. The van der Waals surface area contributed by atoms with Crippen LogP contribution in [0.2, 0.25) is 0 Å². The van der Waals surface area contributed by atoms with Crippen LogP contribution in [-0.2, 0) is 20.9 Å². The Labute approximate surface area is 441 Å². The monoisotopic (exact) mass is 1040 g/mol. The molecule has 6 N–H and O–H groups in total. The van der Waals surface area contributed by atoms with Crippen LogP contribution in [-0.4, -0.2) is 140 Å². The van der Waals surface area contributed by atoms with Crippen molar-refractivity contribution in [3.8, 4) is 10.4 Å². The summed E-state index contributed by atoms with van der Waals surface area (Å²) in [4.78, 5) is 73.9. The Kier molecular flexibility index (Phi) is 16.8. The molecule has 2 aromatic carbocycles. The average Bonchev–Trinajstić information content (AvgIpc) is 4.04. The molecule has 0 radical (unpaired) electrons. The second-order valence-electron chi connectivity index (χ2n) is 21.0. The standard InChI is InChI=1S/C55H68FN13O5S/c1-35-49(75-34-60-35)38-10-8-36(9-11-38)29-59-52(73)45-27-42(71)32-69(45)53(74)50(55(2,3)4)64-48(72)7-5-6-20-66-23-25-67(26-24-66)41-16-17-46(57-30-41)63-47-28-43-44(31-58-47)62-54(61-40-14-12-39(56)13-15-40)65-51(43)68-21-18-37(33-70)19-22-68/h8-17,28,30-31,34,37,42,45,50,70-71H,5-7,18-27,29,32-33H2,1-4H3,(H,59,73)(H,64,72)(H,57,58,63)(H,61,62,65). The lowest BCUT2D eigenvalue weighted by atomic mass is 9.85. The highest BCUT2D eigenvalue weighted by Crippen LogP contribution is 2.33. The maximum Gasteiger partial charge on any atom is 0.246 e. The number of β-amino-alcohol motifs (C(OH)–C–C–N with tert-alkyl or cyclic N) is 1. The van der Waals surface area contributed by atoms with Gasteiger partial charge in [0, 0.05) is 82.9 Å². The molecule has 20 heteroatoms. The highest BCUT2D eigenvalue weighted by atomic mass is 32.1. The van der Waals surface area contributed by atoms with Crippen LogP contribution in [0.25, 0.3) is 21.3 Å². The largest absolute Gasteiger partial charge is 0.396 e. The number of piperidine rings is 1. The number of unbranched alkanes of at least 4 members (excludes halogenated alkanes) is 1. The Morgan fingerprint density at radius 3 is 2.28 bits per heavy atom. The van der Waals surface area contributed by atoms with E-state index in [1.165, 1.54) is 17.0 Å². The van der Waals surface area contributed by atoms with Crippen molar-refractivity contribution in [2.24, 2.45) is 11.3 Å². The van der Waals surface area contributed by atoms with E-state index in [-0.39, 0.29) is 62.0 Å². The summed E-state index contributed by atoms with van der Waals surface area (Å²) in [5.74, 6) is 1.39. The highest BCUT2D eigenvalue weighted by molar-refractivity contribution is 7.13. The summed E-state index contributed by atoms with van der Waals surface area (Å²) in [6.07, 6.45) is 6.31. The minimum Gasteiger partial charge on any atom is -0.396 e. The van der Waals surface area contributed by atoms with Gasteiger partial charge < -0.3 is 46.2 Å². The van der Waals surface area contributed by atoms with Crippen molar-refractivity contribution in [1.82, 2.24) is 45.4 Å². The third-order valence-corrected chi connectivity index (χ3v) is 15.4. The number of nitrogens with one attached hydrogen (secondary N) is 4. The van der Waals surface area contributed by atoms with E-state index < -0.39 is 23.6 Å². The molecule has 9 rings (SSSR count). The molecule has 3 saturated heterocycles. The molecular formula is C55H68FN13O5S. The third-order valence-electron chi connectivity index (χ3n) is 14.4. The van der Waals surface area contributed by atoms with E-state index >= 15 is 0 Å². The van der Waals surface area contributed by atoms with Crippen molar-refractivity contribution in [2.45, 2.75) is 91.0 Å². The summed E-state index contributed by atoms with van der Waals surface area (Å²) in [6, 6.07) is 18.2. The lowest BCUT2D eigenvalue weighted by Crippen LogP contribution is -2.57. The quantitative estimate of drug-likeness (QED) is 0.0489. The highest BCUT2D eigenvalue weighted by Gasteiger charge is 2.44. The number of aromatic nitrogens is 5. The van der Waals surface area contributed by atoms with Gasteiger partial charge in [-0.05, 0) is 104 Å². The first kappa shape index (κ1) is 53.0. The fraction of sp³-hybridized carbons (Fsp3) is 0.455. The maximum atomic E-state index is 14.1. The Morgan fingerprint density at radius 2 is 1.60 bits per heavy atom. The number of rotatable bonds is 18. The van der Waals surface area contributed by atoms with Crippen molar-refractivity contribution in [2.75, 3.05) is 79.4 Å². The molecule has 0 bridgehead atoms. The number of hydrogen-bond donors (Lipinski definition) is 6. The molecule has 3 atom stereocenters. The topological polar surface area (TPSA) is 217 Å². The maximum absolute atomic E-state index is 14.1. The Balaban J connectivity index is 0.724. The van der Waals surface area contributed by atoms with E-state index in [1.807, 2.05) is 75.8 Å². The molecule has 3 fully saturated rings. The number of benzene rings is 2. The van der Waals surface area contributed by atoms with Crippen LogP contribution < -0.4 is 31.1 Å². The van der Waals surface area contributed by atoms with E-state index in [9.17, 15) is 29.0 Å². The lowest BCUT2D eigenvalue weighted by molar-refractivity contribution is -0.144. The van der Waals surface area contributed by atoms with Crippen LogP contribution in [0.15, 0.2) is 84.6 Å². The Bertz CT molecular complexity index is 2900. The smallest absolute Gasteiger partial charge is 0.246 e. The van der Waals surface area contributed by atoms with E-state index in [2.05, 4.69) is 52.0 Å². The number of carbonyl (C=O) groups excluding carboxylic acids is 3. The van der Waals surface area contributed by atoms with Crippen LogP contribution in [0.1, 0.15) is 70.6 Å². The van der Waals surface area contributed by atoms with Gasteiger partial charge in [0.05, 0.1) is 45.8 Å². The van der Waals surface area contributed by atoms with Crippen molar-refractivity contribution < 1.29 is 29.0 Å². The molecule has 0 saturated carbocycles. The van der Waals surface area contributed by atoms with Gasteiger partial charge >= 0.3 is 0 Å². The summed E-state index contributed by atoms with van der Waals surface area (Å²) in [6.45, 7) is 13.8. The van der Waals surface area contributed by atoms with E-state index in [0.29, 0.717) is 35.2 Å². The number of hydrogen-bond acceptors (Lipinski definition) is 16. The number of fused-ring (bicyclic) bond motifs is 1. The predicted octanol–water partition coefficient (Wildman–Crippen LogP) is 6.79. The van der Waals surface area contributed by atoms with Gasteiger partial charge in [0.2, 0.25) is 23.7 Å². The summed E-state index contributed by atoms with van der Waals surface area (Å²) < 4.78 is 13.6. The average molecular weight is 1040 g/mol. The predicted molar refractivity (Wildman–Crippen MR) is 291 cm³/mol. The SMILES string of the molecule is Cc1ncsc1-c1ccc(CNC(=O)C2CC(O)CN2C(=O)C(NC(=O)CCCCN2CCN(c3ccc(Nc4cc5c(N6CCC(CO)CC6)nc(Nc6ccc(F)cc6)nc5cn4)nc3)CC2)C(C)(C)C)cc1.